The number of hydrogen-bond acceptors (Lipinski definition) is 1. The van der Waals surface area contributed by atoms with Crippen LogP contribution in [-0.4, -0.2) is 13.1 Å². The molecule has 1 nitrogen and oxygen atoms in total. The largest absolute Gasteiger partial charge is 0.317 e. The quantitative estimate of drug-likeness (QED) is 0.628. The van der Waals surface area contributed by atoms with Gasteiger partial charge in [0.2, 0.25) is 0 Å². The van der Waals surface area contributed by atoms with Crippen LogP contribution in [0.25, 0.3) is 0 Å². The van der Waals surface area contributed by atoms with E-state index in [2.05, 4.69) is 39.9 Å². The van der Waals surface area contributed by atoms with E-state index in [0.29, 0.717) is 0 Å². The summed E-state index contributed by atoms with van der Waals surface area (Å²) in [7, 11) is 0. The lowest BCUT2D eigenvalue weighted by atomic mass is 9.84. The molecule has 1 N–H and O–H groups in total. The summed E-state index contributed by atoms with van der Waals surface area (Å²) in [5, 5.41) is 3.49. The van der Waals surface area contributed by atoms with Gasteiger partial charge in [-0.2, -0.15) is 0 Å². The molecule has 86 valence electrons. The molecule has 0 amide bonds. The second-order valence-corrected chi connectivity index (χ2v) is 4.96. The highest BCUT2D eigenvalue weighted by Crippen LogP contribution is 2.23. The maximum absolute atomic E-state index is 3.49. The first-order valence-electron chi connectivity index (χ1n) is 6.32. The molecule has 0 saturated carbocycles. The van der Waals surface area contributed by atoms with Crippen LogP contribution >= 0.6 is 0 Å². The minimum atomic E-state index is 0.831. The van der Waals surface area contributed by atoms with Crippen LogP contribution in [0.15, 0.2) is 0 Å². The Morgan fingerprint density at radius 3 is 2.14 bits per heavy atom. The molecule has 0 aliphatic heterocycles. The molecule has 1 heteroatoms. The van der Waals surface area contributed by atoms with E-state index in [4.69, 9.17) is 0 Å². The predicted octanol–water partition coefficient (Wildman–Crippen LogP) is 3.69. The third kappa shape index (κ3) is 6.42. The minimum absolute atomic E-state index is 0.831. The van der Waals surface area contributed by atoms with Gasteiger partial charge in [0, 0.05) is 0 Å². The molecule has 14 heavy (non-hydrogen) atoms. The molecule has 0 fully saturated rings. The van der Waals surface area contributed by atoms with Crippen molar-refractivity contribution in [2.75, 3.05) is 13.1 Å². The van der Waals surface area contributed by atoms with Crippen molar-refractivity contribution in [3.05, 3.63) is 0 Å². The topological polar surface area (TPSA) is 12.0 Å². The Balaban J connectivity index is 3.94. The number of hydrogen-bond donors (Lipinski definition) is 1. The van der Waals surface area contributed by atoms with Gasteiger partial charge in [0.05, 0.1) is 0 Å². The minimum Gasteiger partial charge on any atom is -0.317 e. The molecule has 0 aliphatic rings. The molecule has 0 aromatic rings. The highest BCUT2D eigenvalue weighted by atomic mass is 14.8. The van der Waals surface area contributed by atoms with E-state index in [0.717, 1.165) is 24.3 Å². The molecule has 0 aromatic heterocycles. The van der Waals surface area contributed by atoms with E-state index in [9.17, 15) is 0 Å². The van der Waals surface area contributed by atoms with Gasteiger partial charge in [0.1, 0.15) is 0 Å². The van der Waals surface area contributed by atoms with E-state index in [1.165, 1.54) is 25.8 Å². The Labute approximate surface area is 90.7 Å². The third-order valence-corrected chi connectivity index (χ3v) is 2.98. The molecular weight excluding hydrogens is 170 g/mol. The van der Waals surface area contributed by atoms with E-state index >= 15 is 0 Å². The maximum atomic E-state index is 3.49. The Hall–Kier alpha value is -0.0400. The zero-order chi connectivity index (χ0) is 11.0. The SMILES string of the molecule is CCCC(C)C(CNCC)CC(C)C. The number of rotatable bonds is 8. The lowest BCUT2D eigenvalue weighted by Gasteiger charge is -2.25. The average Bonchev–Trinajstić information content (AvgIpc) is 2.12. The van der Waals surface area contributed by atoms with Crippen LogP contribution in [0.5, 0.6) is 0 Å². The molecule has 0 spiro atoms. The fourth-order valence-corrected chi connectivity index (χ4v) is 2.14. The van der Waals surface area contributed by atoms with Crippen molar-refractivity contribution in [3.63, 3.8) is 0 Å². The second kappa shape index (κ2) is 8.28. The third-order valence-electron chi connectivity index (χ3n) is 2.98. The van der Waals surface area contributed by atoms with Gasteiger partial charge in [0.15, 0.2) is 0 Å². The summed E-state index contributed by atoms with van der Waals surface area (Å²) in [6.07, 6.45) is 4.07. The van der Waals surface area contributed by atoms with Crippen molar-refractivity contribution in [1.82, 2.24) is 5.32 Å². The van der Waals surface area contributed by atoms with Gasteiger partial charge in [-0.05, 0) is 37.3 Å². The standard InChI is InChI=1S/C13H29N/c1-6-8-12(5)13(9-11(3)4)10-14-7-2/h11-14H,6-10H2,1-5H3. The Morgan fingerprint density at radius 1 is 1.07 bits per heavy atom. The van der Waals surface area contributed by atoms with Crippen molar-refractivity contribution >= 4 is 0 Å². The first-order chi connectivity index (χ1) is 6.61. The van der Waals surface area contributed by atoms with Crippen LogP contribution in [0.4, 0.5) is 0 Å². The van der Waals surface area contributed by atoms with Crippen molar-refractivity contribution in [1.29, 1.82) is 0 Å². The van der Waals surface area contributed by atoms with Gasteiger partial charge in [0.25, 0.3) is 0 Å². The molecule has 0 aliphatic carbocycles. The van der Waals surface area contributed by atoms with Gasteiger partial charge in [-0.3, -0.25) is 0 Å². The molecule has 2 atom stereocenters. The van der Waals surface area contributed by atoms with Gasteiger partial charge in [-0.1, -0.05) is 47.5 Å². The Kier molecular flexibility index (Phi) is 8.26. The summed E-state index contributed by atoms with van der Waals surface area (Å²) in [5.41, 5.74) is 0. The summed E-state index contributed by atoms with van der Waals surface area (Å²) in [5.74, 6) is 2.58. The molecule has 0 saturated heterocycles. The average molecular weight is 199 g/mol. The lowest BCUT2D eigenvalue weighted by Crippen LogP contribution is -2.28. The fourth-order valence-electron chi connectivity index (χ4n) is 2.14. The molecular formula is C13H29N. The fraction of sp³-hybridized carbons (Fsp3) is 1.00. The van der Waals surface area contributed by atoms with Crippen molar-refractivity contribution in [2.45, 2.75) is 53.9 Å². The normalized spacial score (nSPS) is 15.9. The van der Waals surface area contributed by atoms with Crippen LogP contribution in [0, 0.1) is 17.8 Å². The monoisotopic (exact) mass is 199 g/mol. The van der Waals surface area contributed by atoms with Crippen LogP contribution < -0.4 is 5.32 Å². The molecule has 2 unspecified atom stereocenters. The molecule has 0 heterocycles. The zero-order valence-corrected chi connectivity index (χ0v) is 10.8. The highest BCUT2D eigenvalue weighted by Gasteiger charge is 2.17. The summed E-state index contributed by atoms with van der Waals surface area (Å²) in [6.45, 7) is 13.9. The zero-order valence-electron chi connectivity index (χ0n) is 10.8. The smallest absolute Gasteiger partial charge is 0.00180 e. The first kappa shape index (κ1) is 14.0. The first-order valence-corrected chi connectivity index (χ1v) is 6.32. The maximum Gasteiger partial charge on any atom is -0.00180 e. The highest BCUT2D eigenvalue weighted by molar-refractivity contribution is 4.70. The Bertz CT molecular complexity index is 120. The lowest BCUT2D eigenvalue weighted by molar-refractivity contribution is 0.274. The summed E-state index contributed by atoms with van der Waals surface area (Å²) < 4.78 is 0. The Morgan fingerprint density at radius 2 is 1.71 bits per heavy atom. The van der Waals surface area contributed by atoms with E-state index in [-0.39, 0.29) is 0 Å². The van der Waals surface area contributed by atoms with Crippen molar-refractivity contribution in [2.24, 2.45) is 17.8 Å². The van der Waals surface area contributed by atoms with E-state index < -0.39 is 0 Å². The molecule has 0 bridgehead atoms. The van der Waals surface area contributed by atoms with Gasteiger partial charge in [-0.25, -0.2) is 0 Å². The molecule has 0 aromatic carbocycles. The van der Waals surface area contributed by atoms with Crippen molar-refractivity contribution < 1.29 is 0 Å². The summed E-state index contributed by atoms with van der Waals surface area (Å²) in [4.78, 5) is 0. The summed E-state index contributed by atoms with van der Waals surface area (Å²) in [6, 6.07) is 0. The van der Waals surface area contributed by atoms with Gasteiger partial charge in [-0.15, -0.1) is 0 Å². The van der Waals surface area contributed by atoms with Crippen LogP contribution in [0.2, 0.25) is 0 Å². The van der Waals surface area contributed by atoms with E-state index in [1.54, 1.807) is 0 Å². The van der Waals surface area contributed by atoms with Crippen LogP contribution in [0.1, 0.15) is 53.9 Å². The van der Waals surface area contributed by atoms with Gasteiger partial charge < -0.3 is 5.32 Å². The van der Waals surface area contributed by atoms with E-state index in [1.807, 2.05) is 0 Å². The van der Waals surface area contributed by atoms with Gasteiger partial charge >= 0.3 is 0 Å². The number of nitrogens with one attached hydrogen (secondary N) is 1. The molecule has 0 rings (SSSR count). The van der Waals surface area contributed by atoms with Crippen LogP contribution in [0.3, 0.4) is 0 Å². The molecule has 0 radical (unpaired) electrons. The van der Waals surface area contributed by atoms with Crippen molar-refractivity contribution in [3.8, 4) is 0 Å². The van der Waals surface area contributed by atoms with Crippen LogP contribution in [-0.2, 0) is 0 Å². The predicted molar refractivity (Wildman–Crippen MR) is 65.6 cm³/mol. The second-order valence-electron chi connectivity index (χ2n) is 4.96. The summed E-state index contributed by atoms with van der Waals surface area (Å²) >= 11 is 0.